The van der Waals surface area contributed by atoms with Crippen LogP contribution in [0.4, 0.5) is 0 Å². The molecular formula is C22H26O13S3. The van der Waals surface area contributed by atoms with Crippen molar-refractivity contribution in [3.63, 3.8) is 0 Å². The van der Waals surface area contributed by atoms with E-state index in [2.05, 4.69) is 21.5 Å². The van der Waals surface area contributed by atoms with Crippen molar-refractivity contribution in [1.82, 2.24) is 0 Å². The highest BCUT2D eigenvalue weighted by Crippen LogP contribution is 2.38. The van der Waals surface area contributed by atoms with Gasteiger partial charge in [0.1, 0.15) is 26.4 Å². The van der Waals surface area contributed by atoms with Crippen molar-refractivity contribution in [3.8, 4) is 23.0 Å². The molecule has 0 atom stereocenters. The van der Waals surface area contributed by atoms with Crippen LogP contribution >= 0.6 is 0 Å². The molecule has 0 bridgehead atoms. The Bertz CT molecular complexity index is 1290. The molecule has 2 rings (SSSR count). The molecule has 0 fully saturated rings. The summed E-state index contributed by atoms with van der Waals surface area (Å²) in [6.45, 7) is 8.74. The molecule has 210 valence electrons. The Balaban J connectivity index is 2.39. The molecule has 0 aromatic heterocycles. The first kappa shape index (κ1) is 31.2. The smallest absolute Gasteiger partial charge is 0.397 e. The van der Waals surface area contributed by atoms with Gasteiger partial charge in [-0.05, 0) is 37.1 Å². The fourth-order valence-corrected chi connectivity index (χ4v) is 4.86. The first-order valence-corrected chi connectivity index (χ1v) is 14.4. The molecule has 0 spiro atoms. The van der Waals surface area contributed by atoms with E-state index in [0.717, 1.165) is 12.5 Å². The first-order chi connectivity index (χ1) is 17.8. The van der Waals surface area contributed by atoms with Crippen LogP contribution < -0.4 is 18.9 Å². The quantitative estimate of drug-likeness (QED) is 0.165. The van der Waals surface area contributed by atoms with Gasteiger partial charge in [-0.3, -0.25) is 9.11 Å². The van der Waals surface area contributed by atoms with Crippen LogP contribution in [0.15, 0.2) is 59.7 Å². The van der Waals surface area contributed by atoms with Gasteiger partial charge in [0.15, 0.2) is 23.0 Å². The maximum atomic E-state index is 13.5. The molecule has 0 aliphatic rings. The predicted molar refractivity (Wildman–Crippen MR) is 135 cm³/mol. The summed E-state index contributed by atoms with van der Waals surface area (Å²) in [5.41, 5.74) is 1.03. The lowest BCUT2D eigenvalue weighted by atomic mass is 10.2. The Morgan fingerprint density at radius 1 is 0.737 bits per heavy atom. The zero-order valence-corrected chi connectivity index (χ0v) is 22.8. The highest BCUT2D eigenvalue weighted by Gasteiger charge is 2.19. The van der Waals surface area contributed by atoms with Crippen molar-refractivity contribution in [1.29, 1.82) is 0 Å². The van der Waals surface area contributed by atoms with Gasteiger partial charge in [0.05, 0.1) is 23.3 Å². The summed E-state index contributed by atoms with van der Waals surface area (Å²) in [5, 5.41) is 0. The van der Waals surface area contributed by atoms with Crippen molar-refractivity contribution in [2.45, 2.75) is 23.6 Å². The fraction of sp³-hybridized carbons (Fsp3) is 0.273. The van der Waals surface area contributed by atoms with E-state index in [0.29, 0.717) is 11.1 Å². The lowest BCUT2D eigenvalue weighted by molar-refractivity contribution is 0.198. The van der Waals surface area contributed by atoms with E-state index < -0.39 is 44.8 Å². The second-order valence-corrected chi connectivity index (χ2v) is 10.8. The lowest BCUT2D eigenvalue weighted by Gasteiger charge is -2.17. The molecule has 0 heterocycles. The number of ether oxygens (including phenoxy) is 4. The second kappa shape index (κ2) is 13.7. The standard InChI is InChI=1S/C22H26O13S3/c1-5-30-21-15(3)11-17(13-19(21)32-7-9-34-37(24,25)26)36(23)18-12-16(4)22(31-6-2)20(14-18)33-8-10-35-38(27,28)29/h5-6,11-14H,1-2,7-10H2,3-4H3,(H,24,25,26)(H,27,28,29). The molecule has 0 aliphatic heterocycles. The highest BCUT2D eigenvalue weighted by atomic mass is 32.3. The van der Waals surface area contributed by atoms with Gasteiger partial charge < -0.3 is 18.9 Å². The summed E-state index contributed by atoms with van der Waals surface area (Å²) >= 11 is 0. The van der Waals surface area contributed by atoms with E-state index in [4.69, 9.17) is 28.1 Å². The Morgan fingerprint density at radius 2 is 1.11 bits per heavy atom. The van der Waals surface area contributed by atoms with E-state index in [1.54, 1.807) is 26.0 Å². The van der Waals surface area contributed by atoms with Crippen molar-refractivity contribution in [2.24, 2.45) is 0 Å². The molecule has 0 saturated heterocycles. The average molecular weight is 595 g/mol. The molecule has 0 aliphatic carbocycles. The molecule has 0 radical (unpaired) electrons. The number of hydrogen-bond acceptors (Lipinski definition) is 11. The Morgan fingerprint density at radius 3 is 1.42 bits per heavy atom. The predicted octanol–water partition coefficient (Wildman–Crippen LogP) is 2.91. The minimum Gasteiger partial charge on any atom is -0.487 e. The second-order valence-electron chi connectivity index (χ2n) is 7.17. The van der Waals surface area contributed by atoms with Crippen LogP contribution in [0.3, 0.4) is 0 Å². The van der Waals surface area contributed by atoms with Crippen LogP contribution in [-0.4, -0.2) is 56.6 Å². The van der Waals surface area contributed by atoms with Crippen LogP contribution in [0.5, 0.6) is 23.0 Å². The topological polar surface area (TPSA) is 181 Å². The fourth-order valence-electron chi connectivity index (χ4n) is 3.03. The summed E-state index contributed by atoms with van der Waals surface area (Å²) in [5.74, 6) is 0.687. The van der Waals surface area contributed by atoms with Crippen LogP contribution in [0.2, 0.25) is 0 Å². The third-order valence-electron chi connectivity index (χ3n) is 4.40. The SMILES string of the molecule is C=COc1c(C)cc(S(=O)c2cc(C)c(OC=C)c(OCCOS(=O)(=O)O)c2)cc1OCCOS(=O)(=O)O. The van der Waals surface area contributed by atoms with Crippen molar-refractivity contribution in [3.05, 3.63) is 61.1 Å². The van der Waals surface area contributed by atoms with Gasteiger partial charge in [-0.1, -0.05) is 13.2 Å². The molecular weight excluding hydrogens is 568 g/mol. The minimum atomic E-state index is -4.65. The van der Waals surface area contributed by atoms with E-state index in [9.17, 15) is 21.0 Å². The van der Waals surface area contributed by atoms with Gasteiger partial charge in [-0.2, -0.15) is 16.8 Å². The number of benzene rings is 2. The molecule has 0 unspecified atom stereocenters. The summed E-state index contributed by atoms with van der Waals surface area (Å²) in [6, 6.07) is 6.00. The summed E-state index contributed by atoms with van der Waals surface area (Å²) in [6.07, 6.45) is 2.30. The molecule has 0 amide bonds. The van der Waals surface area contributed by atoms with Gasteiger partial charge in [-0.25, -0.2) is 12.6 Å². The highest BCUT2D eigenvalue weighted by molar-refractivity contribution is 7.85. The van der Waals surface area contributed by atoms with Crippen LogP contribution in [0.25, 0.3) is 0 Å². The first-order valence-electron chi connectivity index (χ1n) is 10.5. The normalized spacial score (nSPS) is 11.7. The average Bonchev–Trinajstić information content (AvgIpc) is 2.81. The minimum absolute atomic E-state index is 0.106. The Kier molecular flexibility index (Phi) is 11.3. The largest absolute Gasteiger partial charge is 0.487 e. The molecule has 38 heavy (non-hydrogen) atoms. The molecule has 2 aromatic carbocycles. The van der Waals surface area contributed by atoms with Crippen molar-refractivity contribution >= 4 is 31.6 Å². The van der Waals surface area contributed by atoms with Gasteiger partial charge in [0, 0.05) is 21.9 Å². The summed E-state index contributed by atoms with van der Waals surface area (Å²) in [7, 11) is -11.1. The maximum absolute atomic E-state index is 13.5. The van der Waals surface area contributed by atoms with Crippen LogP contribution in [0, 0.1) is 13.8 Å². The number of rotatable bonds is 16. The monoisotopic (exact) mass is 594 g/mol. The molecule has 0 saturated carbocycles. The van der Waals surface area contributed by atoms with Crippen molar-refractivity contribution < 1.29 is 57.5 Å². The molecule has 16 heteroatoms. The maximum Gasteiger partial charge on any atom is 0.397 e. The third kappa shape index (κ3) is 9.71. The number of aryl methyl sites for hydroxylation is 2. The van der Waals surface area contributed by atoms with Gasteiger partial charge in [0.25, 0.3) is 0 Å². The van der Waals surface area contributed by atoms with E-state index in [1.807, 2.05) is 0 Å². The molecule has 2 aromatic rings. The zero-order chi connectivity index (χ0) is 28.5. The van der Waals surface area contributed by atoms with Gasteiger partial charge in [-0.15, -0.1) is 0 Å². The van der Waals surface area contributed by atoms with E-state index in [-0.39, 0.29) is 46.0 Å². The summed E-state index contributed by atoms with van der Waals surface area (Å²) < 4.78 is 104. The zero-order valence-electron chi connectivity index (χ0n) is 20.3. The van der Waals surface area contributed by atoms with Crippen LogP contribution in [0.1, 0.15) is 11.1 Å². The number of hydrogen-bond donors (Lipinski definition) is 2. The Labute approximate surface area is 222 Å². The van der Waals surface area contributed by atoms with E-state index >= 15 is 0 Å². The van der Waals surface area contributed by atoms with Gasteiger partial charge >= 0.3 is 20.8 Å². The lowest BCUT2D eigenvalue weighted by Crippen LogP contribution is -2.12. The van der Waals surface area contributed by atoms with Crippen molar-refractivity contribution in [2.75, 3.05) is 26.4 Å². The summed E-state index contributed by atoms with van der Waals surface area (Å²) in [4.78, 5) is 0.559. The Hall–Kier alpha value is -2.99. The molecule has 13 nitrogen and oxygen atoms in total. The third-order valence-corrected chi connectivity index (χ3v) is 6.66. The molecule has 2 N–H and O–H groups in total. The van der Waals surface area contributed by atoms with Crippen LogP contribution in [-0.2, 0) is 40.0 Å². The van der Waals surface area contributed by atoms with E-state index in [1.165, 1.54) is 12.1 Å². The van der Waals surface area contributed by atoms with Gasteiger partial charge in [0.2, 0.25) is 0 Å².